The first-order chi connectivity index (χ1) is 7.63. The van der Waals surface area contributed by atoms with Gasteiger partial charge in [-0.05, 0) is 37.0 Å². The molecule has 16 heavy (non-hydrogen) atoms. The Labute approximate surface area is 99.0 Å². The molecule has 2 saturated carbocycles. The van der Waals surface area contributed by atoms with Gasteiger partial charge < -0.3 is 5.73 Å². The van der Waals surface area contributed by atoms with Gasteiger partial charge in [0.2, 0.25) is 0 Å². The second kappa shape index (κ2) is 4.87. The molecule has 0 radical (unpaired) electrons. The van der Waals surface area contributed by atoms with E-state index >= 15 is 0 Å². The highest BCUT2D eigenvalue weighted by molar-refractivity contribution is 5.82. The molecule has 0 amide bonds. The number of nitrogens with two attached hydrogens (primary N) is 1. The van der Waals surface area contributed by atoms with Gasteiger partial charge in [-0.25, -0.2) is 0 Å². The summed E-state index contributed by atoms with van der Waals surface area (Å²) in [5, 5.41) is 0. The summed E-state index contributed by atoms with van der Waals surface area (Å²) in [6.45, 7) is 4.38. The number of carbonyl (C=O) groups excluding carboxylic acids is 1. The van der Waals surface area contributed by atoms with Gasteiger partial charge in [0.1, 0.15) is 5.78 Å². The zero-order valence-corrected chi connectivity index (χ0v) is 10.6. The van der Waals surface area contributed by atoms with Crippen LogP contribution in [-0.4, -0.2) is 11.8 Å². The van der Waals surface area contributed by atoms with Crippen LogP contribution in [0.15, 0.2) is 0 Å². The highest BCUT2D eigenvalue weighted by Gasteiger charge is 2.48. The fourth-order valence-electron chi connectivity index (χ4n) is 3.89. The quantitative estimate of drug-likeness (QED) is 0.778. The number of hydrogen-bond donors (Lipinski definition) is 1. The minimum atomic E-state index is 0.181. The molecule has 0 aromatic heterocycles. The Morgan fingerprint density at radius 2 is 2.06 bits per heavy atom. The van der Waals surface area contributed by atoms with Gasteiger partial charge >= 0.3 is 0 Å². The minimum Gasteiger partial charge on any atom is -0.327 e. The summed E-state index contributed by atoms with van der Waals surface area (Å²) in [6.07, 6.45) is 6.84. The summed E-state index contributed by atoms with van der Waals surface area (Å²) >= 11 is 0. The first-order valence-corrected chi connectivity index (χ1v) is 6.91. The van der Waals surface area contributed by atoms with Gasteiger partial charge in [0.05, 0.1) is 0 Å². The van der Waals surface area contributed by atoms with E-state index in [0.29, 0.717) is 23.5 Å². The molecule has 2 nitrogen and oxygen atoms in total. The van der Waals surface area contributed by atoms with Crippen molar-refractivity contribution in [3.8, 4) is 0 Å². The molecule has 2 bridgehead atoms. The fourth-order valence-corrected chi connectivity index (χ4v) is 3.89. The highest BCUT2D eigenvalue weighted by atomic mass is 16.1. The van der Waals surface area contributed by atoms with E-state index in [2.05, 4.69) is 13.8 Å². The molecule has 2 rings (SSSR count). The van der Waals surface area contributed by atoms with Gasteiger partial charge in [0.15, 0.2) is 0 Å². The lowest BCUT2D eigenvalue weighted by atomic mass is 9.79. The van der Waals surface area contributed by atoms with E-state index in [4.69, 9.17) is 5.73 Å². The van der Waals surface area contributed by atoms with Crippen LogP contribution in [0.2, 0.25) is 0 Å². The van der Waals surface area contributed by atoms with E-state index < -0.39 is 0 Å². The summed E-state index contributed by atoms with van der Waals surface area (Å²) in [5.41, 5.74) is 6.19. The van der Waals surface area contributed by atoms with Crippen molar-refractivity contribution in [2.75, 3.05) is 0 Å². The third kappa shape index (κ3) is 2.17. The second-order valence-electron chi connectivity index (χ2n) is 6.00. The van der Waals surface area contributed by atoms with Crippen LogP contribution in [-0.2, 0) is 4.79 Å². The van der Waals surface area contributed by atoms with Gasteiger partial charge in [-0.2, -0.15) is 0 Å². The molecule has 5 atom stereocenters. The lowest BCUT2D eigenvalue weighted by molar-refractivity contribution is -0.125. The first-order valence-electron chi connectivity index (χ1n) is 6.91. The Balaban J connectivity index is 1.90. The maximum Gasteiger partial charge on any atom is 0.138 e. The molecular formula is C14H25NO. The SMILES string of the molecule is CCCC(C)CC(=O)C1C2CCC(C2)C1N. The molecule has 0 aromatic rings. The van der Waals surface area contributed by atoms with Crippen molar-refractivity contribution in [1.29, 1.82) is 0 Å². The van der Waals surface area contributed by atoms with E-state index in [1.54, 1.807) is 0 Å². The number of carbonyl (C=O) groups is 1. The molecule has 0 saturated heterocycles. The Kier molecular flexibility index (Phi) is 3.68. The van der Waals surface area contributed by atoms with Crippen molar-refractivity contribution in [3.05, 3.63) is 0 Å². The molecule has 0 aliphatic heterocycles. The minimum absolute atomic E-state index is 0.181. The standard InChI is InChI=1S/C14H25NO/c1-3-4-9(2)7-12(16)13-10-5-6-11(8-10)14(13)15/h9-11,13-14H,3-8,15H2,1-2H3. The Morgan fingerprint density at radius 3 is 2.62 bits per heavy atom. The molecule has 92 valence electrons. The van der Waals surface area contributed by atoms with Gasteiger partial charge in [0.25, 0.3) is 0 Å². The van der Waals surface area contributed by atoms with Gasteiger partial charge in [0, 0.05) is 18.4 Å². The molecule has 0 heterocycles. The molecule has 2 heteroatoms. The molecule has 2 aliphatic rings. The number of Topliss-reactive ketones (excluding diaryl/α,β-unsaturated/α-hetero) is 1. The molecule has 5 unspecified atom stereocenters. The smallest absolute Gasteiger partial charge is 0.138 e. The molecule has 2 aliphatic carbocycles. The van der Waals surface area contributed by atoms with Crippen molar-refractivity contribution in [3.63, 3.8) is 0 Å². The topological polar surface area (TPSA) is 43.1 Å². The van der Waals surface area contributed by atoms with E-state index in [1.807, 2.05) is 0 Å². The van der Waals surface area contributed by atoms with Crippen LogP contribution in [0.3, 0.4) is 0 Å². The van der Waals surface area contributed by atoms with Crippen molar-refractivity contribution in [2.24, 2.45) is 29.4 Å². The van der Waals surface area contributed by atoms with E-state index in [9.17, 15) is 4.79 Å². The summed E-state index contributed by atoms with van der Waals surface area (Å²) in [7, 11) is 0. The number of fused-ring (bicyclic) bond motifs is 2. The normalized spacial score (nSPS) is 38.9. The Bertz CT molecular complexity index is 261. The monoisotopic (exact) mass is 223 g/mol. The maximum atomic E-state index is 12.3. The van der Waals surface area contributed by atoms with Crippen molar-refractivity contribution in [2.45, 2.75) is 58.4 Å². The van der Waals surface area contributed by atoms with Crippen LogP contribution in [0, 0.1) is 23.7 Å². The summed E-state index contributed by atoms with van der Waals surface area (Å²) in [6, 6.07) is 0.181. The second-order valence-corrected chi connectivity index (χ2v) is 6.00. The van der Waals surface area contributed by atoms with Gasteiger partial charge in [-0.3, -0.25) is 4.79 Å². The van der Waals surface area contributed by atoms with Crippen molar-refractivity contribution < 1.29 is 4.79 Å². The zero-order chi connectivity index (χ0) is 11.7. The molecule has 2 N–H and O–H groups in total. The van der Waals surface area contributed by atoms with Crippen LogP contribution < -0.4 is 5.73 Å². The first kappa shape index (κ1) is 12.1. The largest absolute Gasteiger partial charge is 0.327 e. The van der Waals surface area contributed by atoms with E-state index in [-0.39, 0.29) is 12.0 Å². The predicted octanol–water partition coefficient (Wildman–Crippen LogP) is 2.76. The summed E-state index contributed by atoms with van der Waals surface area (Å²) in [4.78, 5) is 12.3. The predicted molar refractivity (Wildman–Crippen MR) is 66.0 cm³/mol. The highest BCUT2D eigenvalue weighted by Crippen LogP contribution is 2.48. The number of hydrogen-bond acceptors (Lipinski definition) is 2. The zero-order valence-electron chi connectivity index (χ0n) is 10.6. The van der Waals surface area contributed by atoms with Crippen LogP contribution in [0.5, 0.6) is 0 Å². The molecule has 2 fully saturated rings. The average Bonchev–Trinajstić information content (AvgIpc) is 2.77. The number of rotatable bonds is 5. The van der Waals surface area contributed by atoms with Crippen LogP contribution in [0.4, 0.5) is 0 Å². The summed E-state index contributed by atoms with van der Waals surface area (Å²) in [5.74, 6) is 2.49. The number of ketones is 1. The van der Waals surface area contributed by atoms with E-state index in [0.717, 1.165) is 6.42 Å². The molecule has 0 spiro atoms. The Morgan fingerprint density at radius 1 is 1.38 bits per heavy atom. The third-order valence-corrected chi connectivity index (χ3v) is 4.68. The van der Waals surface area contributed by atoms with Crippen LogP contribution >= 0.6 is 0 Å². The van der Waals surface area contributed by atoms with Crippen LogP contribution in [0.1, 0.15) is 52.4 Å². The van der Waals surface area contributed by atoms with E-state index in [1.165, 1.54) is 32.1 Å². The van der Waals surface area contributed by atoms with Crippen molar-refractivity contribution in [1.82, 2.24) is 0 Å². The molecule has 0 aromatic carbocycles. The molecular weight excluding hydrogens is 198 g/mol. The average molecular weight is 223 g/mol. The maximum absolute atomic E-state index is 12.3. The van der Waals surface area contributed by atoms with Gasteiger partial charge in [-0.1, -0.05) is 26.7 Å². The Hall–Kier alpha value is -0.370. The lowest BCUT2D eigenvalue weighted by Crippen LogP contribution is -2.40. The fraction of sp³-hybridized carbons (Fsp3) is 0.929. The van der Waals surface area contributed by atoms with Gasteiger partial charge in [-0.15, -0.1) is 0 Å². The van der Waals surface area contributed by atoms with Crippen molar-refractivity contribution >= 4 is 5.78 Å². The third-order valence-electron chi connectivity index (χ3n) is 4.68. The summed E-state index contributed by atoms with van der Waals surface area (Å²) < 4.78 is 0. The lowest BCUT2D eigenvalue weighted by Gasteiger charge is -2.27. The van der Waals surface area contributed by atoms with Crippen LogP contribution in [0.25, 0.3) is 0 Å².